The summed E-state index contributed by atoms with van der Waals surface area (Å²) in [5.41, 5.74) is -2.54. The number of anilines is 2. The van der Waals surface area contributed by atoms with Gasteiger partial charge in [-0.15, -0.1) is 0 Å². The predicted molar refractivity (Wildman–Crippen MR) is 214 cm³/mol. The minimum absolute atomic E-state index is 0.00555. The molecule has 5 rings (SSSR count). The van der Waals surface area contributed by atoms with Gasteiger partial charge >= 0.3 is 12.1 Å². The number of ether oxygens (including phenoxy) is 2. The lowest BCUT2D eigenvalue weighted by molar-refractivity contribution is -0.127. The van der Waals surface area contributed by atoms with Crippen molar-refractivity contribution in [1.29, 1.82) is 0 Å². The van der Waals surface area contributed by atoms with E-state index in [1.165, 1.54) is 54.2 Å². The highest BCUT2D eigenvalue weighted by atomic mass is 32.2. The molecule has 0 fully saturated rings. The maximum Gasteiger partial charge on any atom is 0.408 e. The van der Waals surface area contributed by atoms with E-state index < -0.39 is 112 Å². The lowest BCUT2D eigenvalue weighted by atomic mass is 9.80. The molecule has 2 atom stereocenters. The number of carboxylic acid groups (broad SMARTS) is 1. The molecular formula is C41H38F5N5O10S. The Bertz CT molecular complexity index is 2440. The average Bonchev–Trinajstić information content (AvgIpc) is 3.20. The number of alkyl carbamates (subject to hydrolysis) is 1. The number of rotatable bonds is 14. The van der Waals surface area contributed by atoms with Crippen LogP contribution in [0.1, 0.15) is 70.5 Å². The van der Waals surface area contributed by atoms with Crippen LogP contribution in [-0.2, 0) is 19.1 Å². The van der Waals surface area contributed by atoms with Gasteiger partial charge in [0.15, 0.2) is 23.3 Å². The van der Waals surface area contributed by atoms with Crippen LogP contribution in [0.15, 0.2) is 54.6 Å². The average molecular weight is 888 g/mol. The van der Waals surface area contributed by atoms with E-state index in [0.29, 0.717) is 11.3 Å². The number of phenols is 1. The van der Waals surface area contributed by atoms with Crippen LogP contribution in [0.5, 0.6) is 17.2 Å². The van der Waals surface area contributed by atoms with Crippen molar-refractivity contribution in [3.8, 4) is 17.2 Å². The van der Waals surface area contributed by atoms with Crippen molar-refractivity contribution in [2.45, 2.75) is 44.8 Å². The fraction of sp³-hybridized carbons (Fsp3) is 0.268. The third kappa shape index (κ3) is 10.7. The van der Waals surface area contributed by atoms with Gasteiger partial charge in [0.1, 0.15) is 40.0 Å². The minimum Gasteiger partial charge on any atom is -0.507 e. The fourth-order valence-corrected chi connectivity index (χ4v) is 6.69. The van der Waals surface area contributed by atoms with E-state index in [1.807, 2.05) is 6.26 Å². The van der Waals surface area contributed by atoms with Crippen LogP contribution in [-0.4, -0.2) is 82.6 Å². The predicted octanol–water partition coefficient (Wildman–Crippen LogP) is 6.14. The van der Waals surface area contributed by atoms with Gasteiger partial charge in [0.2, 0.25) is 23.5 Å². The van der Waals surface area contributed by atoms with E-state index >= 15 is 0 Å². The molecule has 328 valence electrons. The number of halogens is 5. The molecule has 0 saturated carbocycles. The molecule has 2 unspecified atom stereocenters. The molecule has 0 radical (unpaired) electrons. The van der Waals surface area contributed by atoms with E-state index in [2.05, 4.69) is 26.6 Å². The minimum atomic E-state index is -2.46. The third-order valence-corrected chi connectivity index (χ3v) is 9.58. The zero-order valence-corrected chi connectivity index (χ0v) is 34.0. The Hall–Kier alpha value is -6.90. The molecule has 1 aliphatic heterocycles. The van der Waals surface area contributed by atoms with Crippen molar-refractivity contribution in [1.82, 2.24) is 16.0 Å². The second-order valence-corrected chi connectivity index (χ2v) is 15.5. The van der Waals surface area contributed by atoms with Crippen LogP contribution < -0.4 is 31.3 Å². The lowest BCUT2D eigenvalue weighted by Crippen LogP contribution is -2.50. The molecule has 62 heavy (non-hydrogen) atoms. The molecule has 0 spiro atoms. The largest absolute Gasteiger partial charge is 0.507 e. The van der Waals surface area contributed by atoms with Gasteiger partial charge in [0.05, 0.1) is 13.1 Å². The molecule has 1 heterocycles. The molecule has 4 aromatic carbocycles. The molecular weight excluding hydrogens is 850 g/mol. The summed E-state index contributed by atoms with van der Waals surface area (Å²) in [4.78, 5) is 75.8. The van der Waals surface area contributed by atoms with Crippen LogP contribution in [0.2, 0.25) is 0 Å². The topological polar surface area (TPSA) is 221 Å². The summed E-state index contributed by atoms with van der Waals surface area (Å²) >= 11 is 1.44. The molecule has 0 aliphatic carbocycles. The number of carboxylic acids is 1. The molecule has 1 aliphatic rings. The van der Waals surface area contributed by atoms with Crippen LogP contribution >= 0.6 is 11.8 Å². The summed E-state index contributed by atoms with van der Waals surface area (Å²) in [5.74, 6) is -18.3. The summed E-state index contributed by atoms with van der Waals surface area (Å²) < 4.78 is 81.5. The SMILES string of the molecule is CSCCC(NC(=O)OC(C)(C)C)C(=O)NCC(=O)NCC(=O)Nc1ccc2c(c1)Oc1cc(NC(=O)c3c(F)c(F)c(F)c(F)c3F)ccc1C2c1cccc(O)c1C(=O)O. The summed E-state index contributed by atoms with van der Waals surface area (Å²) in [6, 6.07) is 10.9. The summed E-state index contributed by atoms with van der Waals surface area (Å²) in [6.45, 7) is 3.86. The Balaban J connectivity index is 1.33. The summed E-state index contributed by atoms with van der Waals surface area (Å²) in [6.07, 6.45) is 1.23. The van der Waals surface area contributed by atoms with Crippen molar-refractivity contribution >= 4 is 58.8 Å². The number of carbonyl (C=O) groups is 6. The van der Waals surface area contributed by atoms with E-state index in [1.54, 1.807) is 20.8 Å². The maximum atomic E-state index is 14.4. The summed E-state index contributed by atoms with van der Waals surface area (Å²) in [5, 5.41) is 32.4. The van der Waals surface area contributed by atoms with Crippen molar-refractivity contribution in [3.63, 3.8) is 0 Å². The second-order valence-electron chi connectivity index (χ2n) is 14.5. The number of nitrogens with one attached hydrogen (secondary N) is 5. The van der Waals surface area contributed by atoms with E-state index in [-0.39, 0.29) is 40.4 Å². The molecule has 21 heteroatoms. The number of benzene rings is 4. The molecule has 15 nitrogen and oxygen atoms in total. The van der Waals surface area contributed by atoms with Crippen LogP contribution in [0.3, 0.4) is 0 Å². The smallest absolute Gasteiger partial charge is 0.408 e. The standard InChI is InChI=1S/C41H38F5N5O10S/c1-41(2,3)61-40(59)51-23(12-13-62-4)37(55)48-16-27(53)47-17-28(54)49-18-8-10-20-25(14-18)60-26-15-19(50-38(56)31-32(42)34(44)36(46)35(45)33(31)43)9-11-21(26)29(20)22-6-5-7-24(52)30(22)39(57)58/h5-11,14-15,23,29,52H,12-13,16-17H2,1-4H3,(H,47,53)(H,48,55)(H,49,54)(H,50,56)(H,51,59)(H,57,58). The quantitative estimate of drug-likeness (QED) is 0.0381. The number of aromatic hydroxyl groups is 1. The molecule has 0 aromatic heterocycles. The highest BCUT2D eigenvalue weighted by molar-refractivity contribution is 7.98. The number of hydrogen-bond acceptors (Lipinski definition) is 10. The monoisotopic (exact) mass is 887 g/mol. The van der Waals surface area contributed by atoms with Gasteiger partial charge in [0, 0.05) is 40.6 Å². The number of thioether (sulfide) groups is 1. The van der Waals surface area contributed by atoms with Crippen molar-refractivity contribution < 1.29 is 70.4 Å². The van der Waals surface area contributed by atoms with Crippen molar-refractivity contribution in [2.75, 3.05) is 35.7 Å². The van der Waals surface area contributed by atoms with Crippen molar-refractivity contribution in [2.24, 2.45) is 0 Å². The Morgan fingerprint density at radius 3 is 1.89 bits per heavy atom. The normalized spacial score (nSPS) is 13.3. The molecule has 4 aromatic rings. The van der Waals surface area contributed by atoms with Gasteiger partial charge < -0.3 is 46.3 Å². The van der Waals surface area contributed by atoms with Crippen LogP contribution in [0, 0.1) is 29.1 Å². The number of fused-ring (bicyclic) bond motifs is 2. The Morgan fingerprint density at radius 2 is 1.32 bits per heavy atom. The first-order valence-electron chi connectivity index (χ1n) is 18.4. The first-order chi connectivity index (χ1) is 29.2. The van der Waals surface area contributed by atoms with Crippen LogP contribution in [0.25, 0.3) is 0 Å². The number of amides is 5. The van der Waals surface area contributed by atoms with E-state index in [0.717, 1.165) is 12.1 Å². The highest BCUT2D eigenvalue weighted by Gasteiger charge is 2.34. The van der Waals surface area contributed by atoms with Gasteiger partial charge in [-0.25, -0.2) is 31.5 Å². The number of aromatic carboxylic acids is 1. The van der Waals surface area contributed by atoms with E-state index in [4.69, 9.17) is 9.47 Å². The number of carbonyl (C=O) groups excluding carboxylic acids is 5. The zero-order valence-electron chi connectivity index (χ0n) is 33.1. The maximum absolute atomic E-state index is 14.4. The Kier molecular flexibility index (Phi) is 14.3. The van der Waals surface area contributed by atoms with Gasteiger partial charge in [-0.05, 0) is 63.0 Å². The van der Waals surface area contributed by atoms with Gasteiger partial charge in [-0.3, -0.25) is 19.2 Å². The van der Waals surface area contributed by atoms with Gasteiger partial charge in [-0.2, -0.15) is 11.8 Å². The zero-order chi connectivity index (χ0) is 45.6. The lowest BCUT2D eigenvalue weighted by Gasteiger charge is -2.30. The Morgan fingerprint density at radius 1 is 0.758 bits per heavy atom. The fourth-order valence-electron chi connectivity index (χ4n) is 6.22. The molecule has 0 bridgehead atoms. The summed E-state index contributed by atoms with van der Waals surface area (Å²) in [7, 11) is 0. The first kappa shape index (κ1) is 46.2. The Labute approximate surface area is 353 Å². The third-order valence-electron chi connectivity index (χ3n) is 8.93. The van der Waals surface area contributed by atoms with Crippen molar-refractivity contribution in [3.05, 3.63) is 112 Å². The first-order valence-corrected chi connectivity index (χ1v) is 19.8. The van der Waals surface area contributed by atoms with E-state index in [9.17, 15) is 60.9 Å². The van der Waals surface area contributed by atoms with Gasteiger partial charge in [0.25, 0.3) is 5.91 Å². The molecule has 5 amide bonds. The molecule has 0 saturated heterocycles. The number of hydrogen-bond donors (Lipinski definition) is 7. The highest BCUT2D eigenvalue weighted by Crippen LogP contribution is 2.50. The van der Waals surface area contributed by atoms with Crippen LogP contribution in [0.4, 0.5) is 38.1 Å². The molecule has 7 N–H and O–H groups in total. The van der Waals surface area contributed by atoms with Gasteiger partial charge in [-0.1, -0.05) is 24.3 Å². The second kappa shape index (κ2) is 19.2.